The molecule has 0 rings (SSSR count). The molecule has 0 aliphatic carbocycles. The van der Waals surface area contributed by atoms with Crippen LogP contribution in [0.3, 0.4) is 0 Å². The number of esters is 1. The van der Waals surface area contributed by atoms with Gasteiger partial charge in [0, 0.05) is 0 Å². The highest BCUT2D eigenvalue weighted by Gasteiger charge is 3.00. The molecular weight excluding hydrogens is 749 g/mol. The van der Waals surface area contributed by atoms with E-state index in [0.29, 0.717) is 13.8 Å². The van der Waals surface area contributed by atoms with E-state index >= 15 is 0 Å². The van der Waals surface area contributed by atoms with Crippen LogP contribution in [0.4, 0.5) is 119 Å². The van der Waals surface area contributed by atoms with Gasteiger partial charge in [-0.15, -0.1) is 0 Å². The Hall–Kier alpha value is -2.42. The quantitative estimate of drug-likeness (QED) is 0.139. The molecule has 46 heavy (non-hydrogen) atoms. The van der Waals surface area contributed by atoms with Gasteiger partial charge in [0.15, 0.2) is 0 Å². The van der Waals surface area contributed by atoms with Crippen molar-refractivity contribution in [2.45, 2.75) is 97.2 Å². The van der Waals surface area contributed by atoms with Crippen molar-refractivity contribution in [3.8, 4) is 0 Å². The lowest BCUT2D eigenvalue weighted by Gasteiger charge is -2.45. The Bertz CT molecular complexity index is 1130. The third kappa shape index (κ3) is 5.13. The van der Waals surface area contributed by atoms with E-state index in [2.05, 4.69) is 4.74 Å². The summed E-state index contributed by atoms with van der Waals surface area (Å²) in [5.41, 5.74) is 0. The molecule has 0 bridgehead atoms. The first kappa shape index (κ1) is 43.6. The second-order valence-electron chi connectivity index (χ2n) is 8.84. The first-order chi connectivity index (χ1) is 19.3. The Kier molecular flexibility index (Phi) is 10.2. The third-order valence-electron chi connectivity index (χ3n) is 5.29. The molecule has 0 atom stereocenters. The molecule has 0 fully saturated rings. The molecule has 0 unspecified atom stereocenters. The smallest absolute Gasteiger partial charge is 0.458 e. The first-order valence-electron chi connectivity index (χ1n) is 10.2. The molecule has 0 N–H and O–H groups in total. The van der Waals surface area contributed by atoms with Gasteiger partial charge in [0.25, 0.3) is 0 Å². The summed E-state index contributed by atoms with van der Waals surface area (Å²) in [5.74, 6) is -115. The van der Waals surface area contributed by atoms with E-state index in [1.54, 1.807) is 0 Å². The Balaban J connectivity index is 7.47. The van der Waals surface area contributed by atoms with Crippen LogP contribution in [0.15, 0.2) is 0 Å². The van der Waals surface area contributed by atoms with Gasteiger partial charge in [0.1, 0.15) is 0 Å². The van der Waals surface area contributed by atoms with Gasteiger partial charge in [-0.1, -0.05) is 0 Å². The van der Waals surface area contributed by atoms with Crippen LogP contribution in [0.1, 0.15) is 13.8 Å². The first-order valence-corrected chi connectivity index (χ1v) is 10.2. The van der Waals surface area contributed by atoms with Gasteiger partial charge in [-0.3, -0.25) is 0 Å². The van der Waals surface area contributed by atoms with Crippen molar-refractivity contribution < 1.29 is 128 Å². The predicted octanol–water partition coefficient (Wildman–Crippen LogP) is 9.12. The Labute approximate surface area is 232 Å². The Morgan fingerprint density at radius 2 is 0.522 bits per heavy atom. The number of ether oxygens (including phenoxy) is 1. The van der Waals surface area contributed by atoms with Gasteiger partial charge >= 0.3 is 83.2 Å². The Morgan fingerprint density at radius 3 is 0.696 bits per heavy atom. The average Bonchev–Trinajstić information content (AvgIpc) is 2.81. The minimum Gasteiger partial charge on any atom is -0.458 e. The van der Waals surface area contributed by atoms with E-state index in [0.717, 1.165) is 0 Å². The summed E-state index contributed by atoms with van der Waals surface area (Å²) in [6.45, 7) is 0.796. The summed E-state index contributed by atoms with van der Waals surface area (Å²) in [6, 6.07) is 0. The summed E-state index contributed by atoms with van der Waals surface area (Å²) in [6.07, 6.45) is -10.4. The summed E-state index contributed by atoms with van der Waals surface area (Å²) < 4.78 is 364. The molecule has 29 heteroatoms. The average molecular weight is 756 g/mol. The van der Waals surface area contributed by atoms with Crippen molar-refractivity contribution in [2.24, 2.45) is 0 Å². The van der Waals surface area contributed by atoms with Crippen LogP contribution in [0.2, 0.25) is 0 Å². The zero-order valence-corrected chi connectivity index (χ0v) is 20.6. The molecule has 0 aliphatic heterocycles. The summed E-state index contributed by atoms with van der Waals surface area (Å²) in [4.78, 5) is 10.9. The molecule has 0 aromatic rings. The van der Waals surface area contributed by atoms with Crippen molar-refractivity contribution in [3.63, 3.8) is 0 Å². The summed E-state index contributed by atoms with van der Waals surface area (Å²) >= 11 is 0. The molecule has 0 radical (unpaired) electrons. The SMILES string of the molecule is CC(C)OC(=O)C(F)(F)C(F)(F)C(F)(F)C(F)(F)C(F)(F)C(F)(F)C(F)(F)C(F)(F)C(F)(F)C(F)(F)C(F)(F)C(F)(F)C(F)(F)F. The third-order valence-corrected chi connectivity index (χ3v) is 5.29. The standard InChI is InChI=1S/C17H7F27O2/c1-3(2)46-4(45)5(18,19)6(20,21)7(22,23)8(24,25)9(26,27)10(28,29)11(30,31)12(32,33)13(34,35)14(36,37)15(38,39)16(40,41)17(42,43)44/h3H,1-2H3. The molecule has 0 aromatic carbocycles. The van der Waals surface area contributed by atoms with Crippen molar-refractivity contribution in [3.05, 3.63) is 0 Å². The lowest BCUT2D eigenvalue weighted by atomic mass is 9.84. The van der Waals surface area contributed by atoms with Crippen molar-refractivity contribution in [2.75, 3.05) is 0 Å². The number of halogens is 27. The topological polar surface area (TPSA) is 26.3 Å². The number of carbonyl (C=O) groups excluding carboxylic acids is 1. The van der Waals surface area contributed by atoms with Crippen LogP contribution in [0.25, 0.3) is 0 Å². The van der Waals surface area contributed by atoms with Crippen molar-refractivity contribution >= 4 is 5.97 Å². The largest absolute Gasteiger partial charge is 0.460 e. The summed E-state index contributed by atoms with van der Waals surface area (Å²) in [7, 11) is 0. The van der Waals surface area contributed by atoms with Crippen LogP contribution in [0.5, 0.6) is 0 Å². The van der Waals surface area contributed by atoms with Gasteiger partial charge in [-0.25, -0.2) is 4.79 Å². The van der Waals surface area contributed by atoms with E-state index < -0.39 is 89.3 Å². The van der Waals surface area contributed by atoms with Crippen LogP contribution >= 0.6 is 0 Å². The van der Waals surface area contributed by atoms with Crippen LogP contribution in [-0.2, 0) is 9.53 Å². The normalized spacial score (nSPS) is 16.7. The lowest BCUT2D eigenvalue weighted by Crippen LogP contribution is -2.79. The van der Waals surface area contributed by atoms with E-state index in [1.807, 2.05) is 0 Å². The van der Waals surface area contributed by atoms with E-state index in [9.17, 15) is 123 Å². The van der Waals surface area contributed by atoms with Crippen LogP contribution < -0.4 is 0 Å². The fraction of sp³-hybridized carbons (Fsp3) is 0.941. The highest BCUT2D eigenvalue weighted by molar-refractivity contribution is 5.79. The summed E-state index contributed by atoms with van der Waals surface area (Å²) in [5, 5.41) is 0. The number of alkyl halides is 27. The molecule has 0 aromatic heterocycles. The molecule has 0 spiro atoms. The molecule has 0 saturated heterocycles. The number of carbonyl (C=O) groups is 1. The van der Waals surface area contributed by atoms with Gasteiger partial charge in [-0.05, 0) is 13.8 Å². The molecule has 0 heterocycles. The van der Waals surface area contributed by atoms with Crippen LogP contribution in [-0.4, -0.2) is 89.3 Å². The van der Waals surface area contributed by atoms with Gasteiger partial charge in [-0.2, -0.15) is 119 Å². The van der Waals surface area contributed by atoms with E-state index in [4.69, 9.17) is 0 Å². The predicted molar refractivity (Wildman–Crippen MR) is 86.6 cm³/mol. The van der Waals surface area contributed by atoms with Crippen molar-refractivity contribution in [1.29, 1.82) is 0 Å². The fourth-order valence-electron chi connectivity index (χ4n) is 2.57. The molecule has 0 aliphatic rings. The second kappa shape index (κ2) is 10.8. The lowest BCUT2D eigenvalue weighted by molar-refractivity contribution is -0.484. The number of hydrogen-bond donors (Lipinski definition) is 0. The van der Waals surface area contributed by atoms with E-state index in [1.165, 1.54) is 0 Å². The molecule has 0 amide bonds. The van der Waals surface area contributed by atoms with Gasteiger partial charge in [0.05, 0.1) is 6.10 Å². The highest BCUT2D eigenvalue weighted by Crippen LogP contribution is 2.68. The maximum atomic E-state index is 13.8. The molecular formula is C17H7F27O2. The minimum atomic E-state index is -9.84. The molecule has 276 valence electrons. The highest BCUT2D eigenvalue weighted by atomic mass is 19.4. The van der Waals surface area contributed by atoms with Gasteiger partial charge in [0.2, 0.25) is 0 Å². The van der Waals surface area contributed by atoms with Gasteiger partial charge < -0.3 is 4.74 Å². The Morgan fingerprint density at radius 1 is 0.348 bits per heavy atom. The zero-order chi connectivity index (χ0) is 38.4. The molecule has 2 nitrogen and oxygen atoms in total. The van der Waals surface area contributed by atoms with Crippen LogP contribution in [0, 0.1) is 0 Å². The zero-order valence-electron chi connectivity index (χ0n) is 20.6. The minimum absolute atomic E-state index is 0.398. The maximum Gasteiger partial charge on any atom is 0.460 e. The molecule has 0 saturated carbocycles. The maximum absolute atomic E-state index is 13.8. The number of hydrogen-bond acceptors (Lipinski definition) is 2. The monoisotopic (exact) mass is 756 g/mol. The number of rotatable bonds is 13. The fourth-order valence-corrected chi connectivity index (χ4v) is 2.57. The van der Waals surface area contributed by atoms with E-state index in [-0.39, 0.29) is 0 Å². The second-order valence-corrected chi connectivity index (χ2v) is 8.84. The van der Waals surface area contributed by atoms with Crippen molar-refractivity contribution in [1.82, 2.24) is 0 Å².